The van der Waals surface area contributed by atoms with Crippen LogP contribution >= 0.6 is 0 Å². The van der Waals surface area contributed by atoms with E-state index < -0.39 is 69.7 Å². The Morgan fingerprint density at radius 1 is 0.383 bits per heavy atom. The van der Waals surface area contributed by atoms with Crippen LogP contribution in [0.25, 0.3) is 0 Å². The second kappa shape index (κ2) is 28.0. The van der Waals surface area contributed by atoms with E-state index in [1.807, 2.05) is 0 Å². The Bertz CT molecular complexity index is 2540. The molecule has 530 valence electrons. The van der Waals surface area contributed by atoms with Gasteiger partial charge in [0.15, 0.2) is 16.8 Å². The average Bonchev–Trinajstić information content (AvgIpc) is 1.47. The van der Waals surface area contributed by atoms with Crippen LogP contribution in [0.2, 0.25) is 0 Å². The van der Waals surface area contributed by atoms with Gasteiger partial charge < -0.3 is 73.3 Å². The van der Waals surface area contributed by atoms with Gasteiger partial charge in [0.05, 0.1) is 36.6 Å². The monoisotopic (exact) mass is 1320 g/mol. The van der Waals surface area contributed by atoms with Gasteiger partial charge in [-0.25, -0.2) is 0 Å². The minimum Gasteiger partial charge on any atom is -0.463 e. The van der Waals surface area contributed by atoms with Crippen molar-refractivity contribution >= 4 is 17.9 Å². The summed E-state index contributed by atoms with van der Waals surface area (Å²) in [4.78, 5) is 34.4. The fourth-order valence-corrected chi connectivity index (χ4v) is 24.7. The van der Waals surface area contributed by atoms with E-state index in [1.165, 1.54) is 20.8 Å². The van der Waals surface area contributed by atoms with Crippen molar-refractivity contribution in [3.05, 3.63) is 0 Å². The number of rotatable bonds is 12. The number of methoxy groups -OCH3 is 3. The van der Waals surface area contributed by atoms with E-state index in [0.29, 0.717) is 74.0 Å². The molecule has 12 rings (SSSR count). The van der Waals surface area contributed by atoms with Crippen LogP contribution in [-0.2, 0) is 57.0 Å². The Balaban J connectivity index is 0.000000165. The number of terminal acetylenes is 3. The van der Waals surface area contributed by atoms with Crippen molar-refractivity contribution in [2.45, 2.75) is 276 Å². The van der Waals surface area contributed by atoms with Crippen LogP contribution in [0.5, 0.6) is 0 Å². The van der Waals surface area contributed by atoms with Gasteiger partial charge in [0.1, 0.15) is 38.7 Å². The van der Waals surface area contributed by atoms with Crippen LogP contribution in [0.15, 0.2) is 0 Å². The number of carbonyl (C=O) groups is 3. The summed E-state index contributed by atoms with van der Waals surface area (Å²) in [5, 5.41) is 67.5. The molecule has 0 spiro atoms. The van der Waals surface area contributed by atoms with Gasteiger partial charge in [0.2, 0.25) is 0 Å². The van der Waals surface area contributed by atoms with Gasteiger partial charge in [-0.2, -0.15) is 0 Å². The third-order valence-electron chi connectivity index (χ3n) is 29.3. The molecular formula is C76H118O18. The molecule has 0 aliphatic heterocycles. The number of esters is 3. The first-order valence-corrected chi connectivity index (χ1v) is 35.3. The van der Waals surface area contributed by atoms with E-state index >= 15 is 0 Å². The van der Waals surface area contributed by atoms with Crippen molar-refractivity contribution in [3.63, 3.8) is 0 Å². The summed E-state index contributed by atoms with van der Waals surface area (Å²) in [6.07, 6.45) is 31.4. The molecule has 0 amide bonds. The van der Waals surface area contributed by atoms with E-state index in [-0.39, 0.29) is 116 Å². The van der Waals surface area contributed by atoms with Crippen LogP contribution in [0.3, 0.4) is 0 Å². The average molecular weight is 1320 g/mol. The van der Waals surface area contributed by atoms with Gasteiger partial charge >= 0.3 is 17.9 Å². The summed E-state index contributed by atoms with van der Waals surface area (Å²) in [5.74, 6) is 10.4. The van der Waals surface area contributed by atoms with Crippen LogP contribution in [0.1, 0.15) is 205 Å². The van der Waals surface area contributed by atoms with Crippen molar-refractivity contribution < 1.29 is 87.7 Å². The van der Waals surface area contributed by atoms with Crippen molar-refractivity contribution in [1.82, 2.24) is 0 Å². The quantitative estimate of drug-likeness (QED) is 0.0460. The molecule has 12 fully saturated rings. The summed E-state index contributed by atoms with van der Waals surface area (Å²) < 4.78 is 50.1. The molecule has 12 saturated carbocycles. The standard InChI is InChI=1S/3C25H38O6.CH4/c3*1-6-25(30-14-29-5)21(28)13-19-22-18(8-10-24(19,25)4)23(3)9-7-17(31-15(2)26)11-16(23)12-20(22)27;/h3*1,16-22,27-28H,7-14H2,2-5H3;1H4/t2*16-,17-,18?,19?,20+,21+,22?,23-,24-,25-;16-,17-,18?,19?,20-,21+,22?,23-,24-,25-;/m000./s1. The molecule has 12 aliphatic rings. The molecule has 30 atom stereocenters. The third-order valence-corrected chi connectivity index (χ3v) is 29.3. The second-order valence-electron chi connectivity index (χ2n) is 32.8. The van der Waals surface area contributed by atoms with Gasteiger partial charge in [0.25, 0.3) is 0 Å². The highest BCUT2D eigenvalue weighted by Crippen LogP contribution is 2.73. The molecule has 0 aromatic carbocycles. The maximum atomic E-state index is 11.5. The van der Waals surface area contributed by atoms with Crippen molar-refractivity contribution in [3.8, 4) is 37.0 Å². The lowest BCUT2D eigenvalue weighted by Gasteiger charge is -2.62. The highest BCUT2D eigenvalue weighted by molar-refractivity contribution is 5.66. The first kappa shape index (κ1) is 74.8. The second-order valence-corrected chi connectivity index (χ2v) is 32.8. The topological polar surface area (TPSA) is 256 Å². The number of hydrogen-bond acceptors (Lipinski definition) is 18. The largest absolute Gasteiger partial charge is 0.463 e. The zero-order valence-corrected chi connectivity index (χ0v) is 57.9. The summed E-state index contributed by atoms with van der Waals surface area (Å²) >= 11 is 0. The van der Waals surface area contributed by atoms with Crippen LogP contribution < -0.4 is 0 Å². The van der Waals surface area contributed by atoms with Gasteiger partial charge in [-0.3, -0.25) is 14.4 Å². The first-order valence-electron chi connectivity index (χ1n) is 35.3. The molecule has 0 saturated heterocycles. The molecule has 9 unspecified atom stereocenters. The molecule has 94 heavy (non-hydrogen) atoms. The van der Waals surface area contributed by atoms with E-state index in [1.54, 1.807) is 21.3 Å². The minimum absolute atomic E-state index is 0. The zero-order valence-electron chi connectivity index (χ0n) is 57.9. The molecule has 0 aromatic heterocycles. The van der Waals surface area contributed by atoms with E-state index in [4.69, 9.17) is 61.9 Å². The predicted octanol–water partition coefficient (Wildman–Crippen LogP) is 9.32. The Labute approximate surface area is 561 Å². The fourth-order valence-electron chi connectivity index (χ4n) is 24.7. The third kappa shape index (κ3) is 11.8. The molecular weight excluding hydrogens is 1200 g/mol. The minimum atomic E-state index is -1.09. The summed E-state index contributed by atoms with van der Waals surface area (Å²) in [6.45, 7) is 18.0. The number of ether oxygens (including phenoxy) is 9. The lowest BCUT2D eigenvalue weighted by Crippen LogP contribution is -2.61. The van der Waals surface area contributed by atoms with E-state index in [9.17, 15) is 45.0 Å². The first-order chi connectivity index (χ1) is 43.9. The molecule has 18 heteroatoms. The van der Waals surface area contributed by atoms with Gasteiger partial charge in [-0.05, 0) is 222 Å². The Kier molecular flexibility index (Phi) is 22.3. The zero-order chi connectivity index (χ0) is 67.8. The Hall–Kier alpha value is -3.39. The summed E-state index contributed by atoms with van der Waals surface area (Å²) in [5.41, 5.74) is -4.24. The number of aliphatic hydroxyl groups excluding tert-OH is 6. The Morgan fingerprint density at radius 2 is 0.628 bits per heavy atom. The van der Waals surface area contributed by atoms with Crippen LogP contribution in [-0.4, -0.2) is 162 Å². The van der Waals surface area contributed by atoms with Crippen molar-refractivity contribution in [1.29, 1.82) is 0 Å². The maximum Gasteiger partial charge on any atom is 0.302 e. The Morgan fingerprint density at radius 3 is 0.840 bits per heavy atom. The number of hydrogen-bond donors (Lipinski definition) is 6. The number of fused-ring (bicyclic) bond motifs is 15. The fraction of sp³-hybridized carbons (Fsp3) is 0.882. The van der Waals surface area contributed by atoms with Gasteiger partial charge in [-0.1, -0.05) is 66.7 Å². The lowest BCUT2D eigenvalue weighted by molar-refractivity contribution is -0.215. The number of aliphatic hydroxyl groups is 6. The molecule has 0 aromatic rings. The highest BCUT2D eigenvalue weighted by Gasteiger charge is 2.74. The van der Waals surface area contributed by atoms with E-state index in [2.05, 4.69) is 59.3 Å². The molecule has 0 radical (unpaired) electrons. The number of carbonyl (C=O) groups excluding carboxylic acids is 3. The SMILES string of the molecule is C.C#C[C@]1(OCOC)[C@H](O)CC2C3C(CC[C@@]21C)[C@@]1(C)CC[C@H](OC(C)=O)C[C@H]1C[C@@H]3O.C#C[C@]1(OCOC)[C@H](O)CC2C3C(CC[C@@]21C)[C@@]1(C)CC[C@H](OC(C)=O)C[C@H]1C[C@H]3O.C#C[C@]1(OCOC)[C@H](O)CC2C3C(CC[C@@]21C)[C@@]1(C)CC[C@H](OC(C)=O)C[C@H]1C[C@H]3O. The molecule has 0 heterocycles. The molecule has 18 nitrogen and oxygen atoms in total. The summed E-state index contributed by atoms with van der Waals surface area (Å²) in [7, 11) is 4.67. The van der Waals surface area contributed by atoms with Crippen LogP contribution in [0, 0.1) is 141 Å². The van der Waals surface area contributed by atoms with Crippen molar-refractivity contribution in [2.75, 3.05) is 41.7 Å². The van der Waals surface area contributed by atoms with E-state index in [0.717, 1.165) is 96.3 Å². The molecule has 6 N–H and O–H groups in total. The lowest BCUT2D eigenvalue weighted by atomic mass is 9.43. The maximum absolute atomic E-state index is 11.5. The summed E-state index contributed by atoms with van der Waals surface area (Å²) in [6, 6.07) is 0. The van der Waals surface area contributed by atoms with Crippen molar-refractivity contribution in [2.24, 2.45) is 104 Å². The van der Waals surface area contributed by atoms with Gasteiger partial charge in [-0.15, -0.1) is 19.3 Å². The molecule has 12 aliphatic carbocycles. The smallest absolute Gasteiger partial charge is 0.302 e. The predicted molar refractivity (Wildman–Crippen MR) is 350 cm³/mol. The van der Waals surface area contributed by atoms with Crippen LogP contribution in [0.4, 0.5) is 0 Å². The highest BCUT2D eigenvalue weighted by atomic mass is 16.7. The molecule has 0 bridgehead atoms. The van der Waals surface area contributed by atoms with Gasteiger partial charge in [0, 0.05) is 58.3 Å². The normalized spacial score (nSPS) is 50.6.